The van der Waals surface area contributed by atoms with Gasteiger partial charge in [-0.2, -0.15) is 0 Å². The van der Waals surface area contributed by atoms with E-state index in [0.717, 1.165) is 34.4 Å². The molecule has 3 aromatic carbocycles. The van der Waals surface area contributed by atoms with E-state index >= 15 is 0 Å². The van der Waals surface area contributed by atoms with E-state index in [1.807, 2.05) is 73.3 Å². The van der Waals surface area contributed by atoms with Gasteiger partial charge in [0.05, 0.1) is 12.0 Å². The Bertz CT molecular complexity index is 1060. The van der Waals surface area contributed by atoms with Crippen LogP contribution in [-0.2, 0) is 17.8 Å². The lowest BCUT2D eigenvalue weighted by molar-refractivity contribution is -0.134. The van der Waals surface area contributed by atoms with E-state index < -0.39 is 0 Å². The Balaban J connectivity index is 1.54. The minimum absolute atomic E-state index is 0.106. The van der Waals surface area contributed by atoms with Gasteiger partial charge >= 0.3 is 0 Å². The quantitative estimate of drug-likeness (QED) is 0.461. The van der Waals surface area contributed by atoms with Crippen molar-refractivity contribution in [2.75, 3.05) is 6.54 Å². The van der Waals surface area contributed by atoms with E-state index in [0.29, 0.717) is 13.2 Å². The fourth-order valence-corrected chi connectivity index (χ4v) is 4.34. The molecule has 1 amide bonds. The second-order valence-corrected chi connectivity index (χ2v) is 8.30. The van der Waals surface area contributed by atoms with Crippen LogP contribution in [-0.4, -0.2) is 17.4 Å². The average Bonchev–Trinajstić information content (AvgIpc) is 2.82. The molecule has 1 aliphatic rings. The molecule has 0 N–H and O–H groups in total. The molecule has 3 nitrogen and oxygen atoms in total. The number of amides is 1. The van der Waals surface area contributed by atoms with Crippen molar-refractivity contribution >= 4 is 5.91 Å². The fraction of sp³-hybridized carbons (Fsp3) is 0.250. The van der Waals surface area contributed by atoms with Gasteiger partial charge in [-0.25, -0.2) is 0 Å². The summed E-state index contributed by atoms with van der Waals surface area (Å²) >= 11 is 0. The summed E-state index contributed by atoms with van der Waals surface area (Å²) in [6.45, 7) is 9.44. The summed E-state index contributed by atoms with van der Waals surface area (Å²) in [6, 6.07) is 26.3. The Hall–Kier alpha value is -3.33. The molecule has 0 bridgehead atoms. The Morgan fingerprint density at radius 2 is 1.74 bits per heavy atom. The van der Waals surface area contributed by atoms with Crippen LogP contribution >= 0.6 is 0 Å². The molecule has 0 aliphatic carbocycles. The average molecular weight is 412 g/mol. The van der Waals surface area contributed by atoms with Crippen LogP contribution in [0.15, 0.2) is 91.0 Å². The molecule has 0 saturated heterocycles. The van der Waals surface area contributed by atoms with Crippen molar-refractivity contribution in [2.24, 2.45) is 0 Å². The van der Waals surface area contributed by atoms with Crippen LogP contribution < -0.4 is 4.74 Å². The zero-order valence-corrected chi connectivity index (χ0v) is 18.3. The van der Waals surface area contributed by atoms with Gasteiger partial charge in [-0.3, -0.25) is 4.79 Å². The van der Waals surface area contributed by atoms with E-state index in [4.69, 9.17) is 4.74 Å². The van der Waals surface area contributed by atoms with Crippen molar-refractivity contribution in [1.29, 1.82) is 0 Å². The lowest BCUT2D eigenvalue weighted by Gasteiger charge is -2.39. The number of hydrogen-bond donors (Lipinski definition) is 0. The molecule has 1 aliphatic heterocycles. The van der Waals surface area contributed by atoms with Crippen LogP contribution in [0.1, 0.15) is 48.1 Å². The van der Waals surface area contributed by atoms with Crippen molar-refractivity contribution < 1.29 is 9.53 Å². The lowest BCUT2D eigenvalue weighted by Crippen LogP contribution is -2.42. The first-order valence-electron chi connectivity index (χ1n) is 10.8. The summed E-state index contributed by atoms with van der Waals surface area (Å²) in [5, 5.41) is 0. The predicted molar refractivity (Wildman–Crippen MR) is 125 cm³/mol. The number of nitrogens with zero attached hydrogens (tertiary/aromatic N) is 1. The first-order chi connectivity index (χ1) is 15.0. The summed E-state index contributed by atoms with van der Waals surface area (Å²) in [6.07, 6.45) is 0.814. The highest BCUT2D eigenvalue weighted by Crippen LogP contribution is 2.38. The van der Waals surface area contributed by atoms with Gasteiger partial charge in [0.25, 0.3) is 0 Å². The van der Waals surface area contributed by atoms with E-state index in [2.05, 4.69) is 30.8 Å². The molecule has 31 heavy (non-hydrogen) atoms. The number of carbonyl (C=O) groups is 1. The summed E-state index contributed by atoms with van der Waals surface area (Å²) in [5.41, 5.74) is 5.55. The fourth-order valence-electron chi connectivity index (χ4n) is 4.34. The summed E-state index contributed by atoms with van der Waals surface area (Å²) in [4.78, 5) is 15.4. The first kappa shape index (κ1) is 20.9. The standard InChI is InChI=1S/C28H29NO2/c1-20(2)27-26-15-14-25(31-19-22-10-6-4-7-11-22)18-24(26)16-17-29(27)28(30)21(3)23-12-8-5-9-13-23/h4-15,18,21,27H,1,16-17,19H2,2-3H3. The Morgan fingerprint density at radius 1 is 1.06 bits per heavy atom. The van der Waals surface area contributed by atoms with Crippen LogP contribution in [0, 0.1) is 0 Å². The second-order valence-electron chi connectivity index (χ2n) is 8.30. The molecule has 2 atom stereocenters. The topological polar surface area (TPSA) is 29.5 Å². The monoisotopic (exact) mass is 411 g/mol. The summed E-state index contributed by atoms with van der Waals surface area (Å²) in [7, 11) is 0. The van der Waals surface area contributed by atoms with E-state index in [-0.39, 0.29) is 17.9 Å². The first-order valence-corrected chi connectivity index (χ1v) is 10.8. The molecule has 3 heteroatoms. The Labute approximate surface area is 185 Å². The van der Waals surface area contributed by atoms with E-state index in [1.54, 1.807) is 0 Å². The third kappa shape index (κ3) is 4.56. The number of ether oxygens (including phenoxy) is 1. The third-order valence-corrected chi connectivity index (χ3v) is 6.01. The molecule has 0 aromatic heterocycles. The van der Waals surface area contributed by atoms with E-state index in [9.17, 15) is 4.79 Å². The zero-order chi connectivity index (χ0) is 21.8. The number of benzene rings is 3. The van der Waals surface area contributed by atoms with Crippen LogP contribution in [0.2, 0.25) is 0 Å². The maximum absolute atomic E-state index is 13.4. The highest BCUT2D eigenvalue weighted by atomic mass is 16.5. The minimum atomic E-state index is -0.182. The number of hydrogen-bond acceptors (Lipinski definition) is 2. The maximum Gasteiger partial charge on any atom is 0.230 e. The van der Waals surface area contributed by atoms with E-state index in [1.165, 1.54) is 5.56 Å². The molecule has 2 unspecified atom stereocenters. The predicted octanol–water partition coefficient (Wildman–Crippen LogP) is 6.07. The van der Waals surface area contributed by atoms with Gasteiger partial charge in [0.2, 0.25) is 5.91 Å². The molecule has 1 heterocycles. The number of rotatable bonds is 6. The van der Waals surface area contributed by atoms with Crippen LogP contribution in [0.3, 0.4) is 0 Å². The normalized spacial score (nSPS) is 16.3. The maximum atomic E-state index is 13.4. The second kappa shape index (κ2) is 9.22. The van der Waals surface area contributed by atoms with Gasteiger partial charge in [-0.05, 0) is 54.7 Å². The largest absolute Gasteiger partial charge is 0.489 e. The van der Waals surface area contributed by atoms with Gasteiger partial charge in [0.15, 0.2) is 0 Å². The highest BCUT2D eigenvalue weighted by Gasteiger charge is 2.34. The van der Waals surface area contributed by atoms with Crippen LogP contribution in [0.5, 0.6) is 5.75 Å². The zero-order valence-electron chi connectivity index (χ0n) is 18.3. The van der Waals surface area contributed by atoms with Gasteiger partial charge in [0, 0.05) is 6.54 Å². The van der Waals surface area contributed by atoms with Gasteiger partial charge < -0.3 is 9.64 Å². The summed E-state index contributed by atoms with van der Waals surface area (Å²) < 4.78 is 6.02. The van der Waals surface area contributed by atoms with Crippen LogP contribution in [0.4, 0.5) is 0 Å². The third-order valence-electron chi connectivity index (χ3n) is 6.01. The molecule has 4 rings (SSSR count). The van der Waals surface area contributed by atoms with Crippen molar-refractivity contribution in [2.45, 2.75) is 38.8 Å². The highest BCUT2D eigenvalue weighted by molar-refractivity contribution is 5.84. The SMILES string of the molecule is C=C(C)C1c2ccc(OCc3ccccc3)cc2CCN1C(=O)C(C)c1ccccc1. The summed E-state index contributed by atoms with van der Waals surface area (Å²) in [5.74, 6) is 0.827. The number of fused-ring (bicyclic) bond motifs is 1. The Morgan fingerprint density at radius 3 is 2.42 bits per heavy atom. The van der Waals surface area contributed by atoms with Crippen molar-refractivity contribution in [3.05, 3.63) is 113 Å². The minimum Gasteiger partial charge on any atom is -0.489 e. The Kier molecular flexibility index (Phi) is 6.22. The van der Waals surface area contributed by atoms with Gasteiger partial charge in [-0.15, -0.1) is 0 Å². The molecule has 0 fully saturated rings. The lowest BCUT2D eigenvalue weighted by atomic mass is 9.87. The molecule has 158 valence electrons. The smallest absolute Gasteiger partial charge is 0.230 e. The number of carbonyl (C=O) groups excluding carboxylic acids is 1. The molecule has 0 spiro atoms. The van der Waals surface area contributed by atoms with Gasteiger partial charge in [-0.1, -0.05) is 78.9 Å². The van der Waals surface area contributed by atoms with Crippen molar-refractivity contribution in [3.8, 4) is 5.75 Å². The van der Waals surface area contributed by atoms with Gasteiger partial charge in [0.1, 0.15) is 12.4 Å². The molecular formula is C28H29NO2. The molecule has 0 radical (unpaired) electrons. The molecular weight excluding hydrogens is 382 g/mol. The van der Waals surface area contributed by atoms with Crippen LogP contribution in [0.25, 0.3) is 0 Å². The molecule has 3 aromatic rings. The van der Waals surface area contributed by atoms with Crippen molar-refractivity contribution in [1.82, 2.24) is 4.90 Å². The van der Waals surface area contributed by atoms with Crippen molar-refractivity contribution in [3.63, 3.8) is 0 Å². The molecule has 0 saturated carbocycles.